The van der Waals surface area contributed by atoms with Crippen molar-refractivity contribution in [1.29, 1.82) is 0 Å². The third-order valence-electron chi connectivity index (χ3n) is 9.80. The third kappa shape index (κ3) is 8.52. The van der Waals surface area contributed by atoms with E-state index in [0.29, 0.717) is 12.8 Å². The Hall–Kier alpha value is -4.23. The average Bonchev–Trinajstić information content (AvgIpc) is 3.24. The van der Waals surface area contributed by atoms with Crippen LogP contribution in [0.3, 0.4) is 0 Å². The quantitative estimate of drug-likeness (QED) is 0.247. The molecule has 1 saturated heterocycles. The fourth-order valence-corrected chi connectivity index (χ4v) is 9.75. The molecule has 3 aliphatic rings. The van der Waals surface area contributed by atoms with Gasteiger partial charge in [-0.3, -0.25) is 19.2 Å². The minimum Gasteiger partial charge on any atom is -0.467 e. The van der Waals surface area contributed by atoms with Crippen molar-refractivity contribution in [1.82, 2.24) is 0 Å². The summed E-state index contributed by atoms with van der Waals surface area (Å²) in [5.74, 6) is -8.09. The third-order valence-corrected chi connectivity index (χ3v) is 12.5. The van der Waals surface area contributed by atoms with Crippen molar-refractivity contribution < 1.29 is 74.7 Å². The molecule has 1 aliphatic heterocycles. The molecular weight excluding hydrogens is 764 g/mol. The maximum absolute atomic E-state index is 14.1. The number of amides is 1. The molecule has 0 spiro atoms. The maximum Gasteiger partial charge on any atom is 0.339 e. The molecule has 2 aliphatic carbocycles. The van der Waals surface area contributed by atoms with Gasteiger partial charge in [-0.15, -0.1) is 0 Å². The number of halogens is 3. The Morgan fingerprint density at radius 1 is 0.889 bits per heavy atom. The van der Waals surface area contributed by atoms with Gasteiger partial charge in [0, 0.05) is 38.1 Å². The number of methoxy groups -OCH3 is 1. The van der Waals surface area contributed by atoms with E-state index in [1.165, 1.54) is 12.1 Å². The van der Waals surface area contributed by atoms with Gasteiger partial charge in [-0.25, -0.2) is 22.0 Å². The highest BCUT2D eigenvalue weighted by Crippen LogP contribution is 2.52. The molecule has 9 atom stereocenters. The summed E-state index contributed by atoms with van der Waals surface area (Å²) >= 11 is 6.35. The zero-order chi connectivity index (χ0) is 39.7. The highest BCUT2D eigenvalue weighted by atomic mass is 35.5. The van der Waals surface area contributed by atoms with Crippen LogP contribution in [0.4, 0.5) is 14.5 Å². The highest BCUT2D eigenvalue weighted by molar-refractivity contribution is 7.92. The van der Waals surface area contributed by atoms with Crippen LogP contribution in [0, 0.1) is 23.5 Å². The molecule has 2 aromatic rings. The van der Waals surface area contributed by atoms with Crippen molar-refractivity contribution in [3.05, 3.63) is 58.6 Å². The number of hydrogen-bond acceptors (Lipinski definition) is 14. The number of carbonyl (C=O) groups is 5. The Morgan fingerprint density at radius 3 is 2.06 bits per heavy atom. The molecule has 3 unspecified atom stereocenters. The summed E-state index contributed by atoms with van der Waals surface area (Å²) in [6.07, 6.45) is -7.50. The standard InChI is InChI=1S/C35H38ClF2NO14S/c1-16(40)50-28-29(51-17(2)41)31(52-18(3)42)34(53-30(28)33(44)48-4)49-15-35(45)20-6-7-21(35)13-23(12-20)54(46,47)27-11-19(5-9-24(27)36)32(43)39-22-8-10-25(37)26(38)14-22/h5,8-11,14,20-21,23,28-31,34,45H,6-7,12-13,15H2,1-4H3,(H,39,43)/t20-,21?,23?,28-,29-,30-,31+,34+,35?/m0/s1. The summed E-state index contributed by atoms with van der Waals surface area (Å²) < 4.78 is 87.7. The first kappa shape index (κ1) is 40.9. The lowest BCUT2D eigenvalue weighted by Gasteiger charge is -2.46. The number of ether oxygens (including phenoxy) is 6. The lowest BCUT2D eigenvalue weighted by Crippen LogP contribution is -2.64. The van der Waals surface area contributed by atoms with Crippen LogP contribution in [0.15, 0.2) is 41.3 Å². The van der Waals surface area contributed by atoms with Gasteiger partial charge in [0.1, 0.15) is 0 Å². The number of fused-ring (bicyclic) bond motifs is 2. The van der Waals surface area contributed by atoms with E-state index < -0.39 is 111 Å². The van der Waals surface area contributed by atoms with Gasteiger partial charge in [0.25, 0.3) is 5.91 Å². The molecule has 15 nitrogen and oxygen atoms in total. The van der Waals surface area contributed by atoms with Crippen molar-refractivity contribution in [3.63, 3.8) is 0 Å². The van der Waals surface area contributed by atoms with E-state index in [4.69, 9.17) is 40.0 Å². The first-order chi connectivity index (χ1) is 25.3. The van der Waals surface area contributed by atoms with E-state index in [1.54, 1.807) is 0 Å². The molecule has 3 fully saturated rings. The Bertz CT molecular complexity index is 1910. The topological polar surface area (TPSA) is 207 Å². The Kier molecular flexibility index (Phi) is 12.3. The number of nitrogens with one attached hydrogen (secondary N) is 1. The summed E-state index contributed by atoms with van der Waals surface area (Å²) in [6, 6.07) is 6.34. The van der Waals surface area contributed by atoms with Crippen LogP contribution in [0.25, 0.3) is 0 Å². The second kappa shape index (κ2) is 16.2. The minimum atomic E-state index is -4.22. The van der Waals surface area contributed by atoms with Gasteiger partial charge in [-0.1, -0.05) is 11.6 Å². The fourth-order valence-electron chi connectivity index (χ4n) is 7.35. The summed E-state index contributed by atoms with van der Waals surface area (Å²) in [4.78, 5) is 61.7. The Morgan fingerprint density at radius 2 is 1.48 bits per heavy atom. The number of aliphatic hydroxyl groups is 1. The van der Waals surface area contributed by atoms with Crippen molar-refractivity contribution in [3.8, 4) is 0 Å². The molecule has 1 heterocycles. The number of hydrogen-bond donors (Lipinski definition) is 2. The molecule has 2 N–H and O–H groups in total. The van der Waals surface area contributed by atoms with Crippen molar-refractivity contribution in [2.75, 3.05) is 19.0 Å². The zero-order valence-corrected chi connectivity index (χ0v) is 31.0. The summed E-state index contributed by atoms with van der Waals surface area (Å²) in [5, 5.41) is 13.2. The Labute approximate surface area is 313 Å². The smallest absolute Gasteiger partial charge is 0.339 e. The molecule has 1 amide bonds. The van der Waals surface area contributed by atoms with Crippen LogP contribution in [-0.2, 0) is 57.4 Å². The van der Waals surface area contributed by atoms with E-state index >= 15 is 0 Å². The van der Waals surface area contributed by atoms with Gasteiger partial charge in [0.05, 0.1) is 34.5 Å². The normalized spacial score (nSPS) is 29.1. The predicted molar refractivity (Wildman–Crippen MR) is 180 cm³/mol. The second-order valence-corrected chi connectivity index (χ2v) is 15.9. The molecule has 2 saturated carbocycles. The number of sulfone groups is 1. The summed E-state index contributed by atoms with van der Waals surface area (Å²) in [5.41, 5.74) is -1.82. The van der Waals surface area contributed by atoms with Crippen LogP contribution in [0.5, 0.6) is 0 Å². The van der Waals surface area contributed by atoms with Crippen LogP contribution in [0.2, 0.25) is 5.02 Å². The Balaban J connectivity index is 1.35. The van der Waals surface area contributed by atoms with Crippen molar-refractivity contribution >= 4 is 56.9 Å². The molecular formula is C35H38ClF2NO14S. The molecule has 5 rings (SSSR count). The highest BCUT2D eigenvalue weighted by Gasteiger charge is 2.59. The fraction of sp³-hybridized carbons (Fsp3) is 0.514. The van der Waals surface area contributed by atoms with Crippen molar-refractivity contribution in [2.45, 2.75) is 92.9 Å². The zero-order valence-electron chi connectivity index (χ0n) is 29.4. The molecule has 0 radical (unpaired) electrons. The van der Waals surface area contributed by atoms with Gasteiger partial charge in [0.15, 0.2) is 52.2 Å². The van der Waals surface area contributed by atoms with E-state index in [9.17, 15) is 46.3 Å². The number of rotatable bonds is 11. The van der Waals surface area contributed by atoms with Crippen LogP contribution in [-0.4, -0.2) is 98.6 Å². The second-order valence-electron chi connectivity index (χ2n) is 13.3. The monoisotopic (exact) mass is 801 g/mol. The molecule has 2 bridgehead atoms. The SMILES string of the molecule is COC(=O)[C@H]1O[C@@H](OCC2(O)C3CC[C@H]2CC(S(=O)(=O)c2cc(C(=O)Nc4ccc(F)c(F)c4)ccc2Cl)C3)[C@H](OC(C)=O)[C@@H](OC(C)=O)[C@@H]1OC(C)=O. The minimum absolute atomic E-state index is 0.0470. The van der Waals surface area contributed by atoms with E-state index in [2.05, 4.69) is 5.32 Å². The van der Waals surface area contributed by atoms with E-state index in [1.807, 2.05) is 0 Å². The van der Waals surface area contributed by atoms with Crippen LogP contribution in [0.1, 0.15) is 56.8 Å². The first-order valence-electron chi connectivity index (χ1n) is 16.7. The lowest BCUT2D eigenvalue weighted by atomic mass is 9.75. The van der Waals surface area contributed by atoms with Gasteiger partial charge >= 0.3 is 23.9 Å². The number of carbonyl (C=O) groups excluding carboxylic acids is 5. The molecule has 54 heavy (non-hydrogen) atoms. The number of esters is 4. The number of anilines is 1. The number of benzene rings is 2. The lowest BCUT2D eigenvalue weighted by molar-refractivity contribution is -0.311. The average molecular weight is 802 g/mol. The van der Waals surface area contributed by atoms with Gasteiger partial charge < -0.3 is 38.8 Å². The van der Waals surface area contributed by atoms with Crippen LogP contribution < -0.4 is 5.32 Å². The maximum atomic E-state index is 14.1. The summed E-state index contributed by atoms with van der Waals surface area (Å²) in [6.45, 7) is 2.61. The van der Waals surface area contributed by atoms with Gasteiger partial charge in [0.2, 0.25) is 0 Å². The predicted octanol–water partition coefficient (Wildman–Crippen LogP) is 3.27. The van der Waals surface area contributed by atoms with Gasteiger partial charge in [-0.05, 0) is 67.9 Å². The van der Waals surface area contributed by atoms with Gasteiger partial charge in [-0.2, -0.15) is 0 Å². The molecule has 2 aromatic carbocycles. The van der Waals surface area contributed by atoms with E-state index in [0.717, 1.165) is 52.1 Å². The molecule has 0 aromatic heterocycles. The largest absolute Gasteiger partial charge is 0.467 e. The molecule has 294 valence electrons. The first-order valence-corrected chi connectivity index (χ1v) is 18.7. The van der Waals surface area contributed by atoms with Crippen LogP contribution >= 0.6 is 11.6 Å². The molecule has 19 heteroatoms. The summed E-state index contributed by atoms with van der Waals surface area (Å²) in [7, 11) is -3.18. The van der Waals surface area contributed by atoms with Crippen molar-refractivity contribution in [2.24, 2.45) is 11.8 Å². The van der Waals surface area contributed by atoms with E-state index in [-0.39, 0.29) is 34.0 Å².